The lowest BCUT2D eigenvalue weighted by Crippen LogP contribution is -2.39. The van der Waals surface area contributed by atoms with Gasteiger partial charge >= 0.3 is 0 Å². The largest absolute Gasteiger partial charge is 0.315 e. The summed E-state index contributed by atoms with van der Waals surface area (Å²) in [6.07, 6.45) is 2.70. The fourth-order valence-corrected chi connectivity index (χ4v) is 3.00. The number of hydrogen-bond donors (Lipinski definition) is 1. The van der Waals surface area contributed by atoms with Gasteiger partial charge in [-0.15, -0.1) is 0 Å². The minimum absolute atomic E-state index is 0.752. The molecule has 1 unspecified atom stereocenters. The topological polar surface area (TPSA) is 15.3 Å². The summed E-state index contributed by atoms with van der Waals surface area (Å²) in [7, 11) is 2.24. The Kier molecular flexibility index (Phi) is 3.17. The van der Waals surface area contributed by atoms with Crippen molar-refractivity contribution >= 4 is 0 Å². The van der Waals surface area contributed by atoms with Crippen LogP contribution in [0.5, 0.6) is 0 Å². The number of nitrogens with one attached hydrogen (secondary N) is 1. The van der Waals surface area contributed by atoms with Crippen LogP contribution >= 0.6 is 0 Å². The Morgan fingerprint density at radius 3 is 2.24 bits per heavy atom. The summed E-state index contributed by atoms with van der Waals surface area (Å²) in [6.45, 7) is 4.81. The first-order valence-electron chi connectivity index (χ1n) is 6.82. The van der Waals surface area contributed by atoms with E-state index >= 15 is 0 Å². The molecule has 0 bridgehead atoms. The molecule has 92 valence electrons. The molecule has 1 aromatic rings. The van der Waals surface area contributed by atoms with Gasteiger partial charge in [-0.2, -0.15) is 0 Å². The number of rotatable bonds is 2. The van der Waals surface area contributed by atoms with Crippen LogP contribution in [0.1, 0.15) is 35.8 Å². The molecule has 0 saturated carbocycles. The van der Waals surface area contributed by atoms with E-state index in [9.17, 15) is 0 Å². The van der Waals surface area contributed by atoms with E-state index in [0.717, 1.165) is 24.9 Å². The highest BCUT2D eigenvalue weighted by atomic mass is 15.1. The zero-order valence-corrected chi connectivity index (χ0v) is 10.7. The van der Waals surface area contributed by atoms with Crippen LogP contribution in [0.15, 0.2) is 24.3 Å². The Labute approximate surface area is 104 Å². The van der Waals surface area contributed by atoms with Gasteiger partial charge in [-0.05, 0) is 43.5 Å². The van der Waals surface area contributed by atoms with Gasteiger partial charge in [0.15, 0.2) is 0 Å². The van der Waals surface area contributed by atoms with Gasteiger partial charge in [0.25, 0.3) is 0 Å². The average molecular weight is 230 g/mol. The maximum absolute atomic E-state index is 3.34. The highest BCUT2D eigenvalue weighted by Gasteiger charge is 2.21. The normalized spacial score (nSPS) is 26.8. The van der Waals surface area contributed by atoms with Gasteiger partial charge in [0.05, 0.1) is 0 Å². The quantitative estimate of drug-likeness (QED) is 0.838. The molecule has 1 atom stereocenters. The summed E-state index contributed by atoms with van der Waals surface area (Å²) >= 11 is 0. The average Bonchev–Trinajstić information content (AvgIpc) is 2.28. The Hall–Kier alpha value is -0.860. The van der Waals surface area contributed by atoms with Crippen molar-refractivity contribution in [2.75, 3.05) is 33.2 Å². The molecule has 2 heterocycles. The van der Waals surface area contributed by atoms with Gasteiger partial charge in [-0.25, -0.2) is 0 Å². The predicted octanol–water partition coefficient (Wildman–Crippen LogP) is 2.18. The summed E-state index contributed by atoms with van der Waals surface area (Å²) in [5.41, 5.74) is 3.05. The Balaban J connectivity index is 1.70. The third-order valence-electron chi connectivity index (χ3n) is 4.29. The Morgan fingerprint density at radius 1 is 1.06 bits per heavy atom. The molecule has 0 radical (unpaired) electrons. The monoisotopic (exact) mass is 230 g/mol. The molecule has 0 amide bonds. The number of likely N-dealkylation sites (tertiary alicyclic amines) is 1. The zero-order chi connectivity index (χ0) is 11.7. The molecule has 2 fully saturated rings. The van der Waals surface area contributed by atoms with E-state index in [0.29, 0.717) is 0 Å². The van der Waals surface area contributed by atoms with Crippen LogP contribution in [0.25, 0.3) is 0 Å². The van der Waals surface area contributed by atoms with E-state index in [1.807, 2.05) is 0 Å². The summed E-state index contributed by atoms with van der Waals surface area (Å²) in [5.74, 6) is 1.51. The fourth-order valence-electron chi connectivity index (χ4n) is 3.00. The highest BCUT2D eigenvalue weighted by molar-refractivity contribution is 5.29. The lowest BCUT2D eigenvalue weighted by Gasteiger charge is -2.31. The van der Waals surface area contributed by atoms with Gasteiger partial charge in [0, 0.05) is 25.6 Å². The summed E-state index contributed by atoms with van der Waals surface area (Å²) in [4.78, 5) is 2.46. The standard InChI is InChI=1S/C15H22N2/c1-17-8-2-3-14(11-17)12-4-6-13(7-5-12)15-9-16-10-15/h4-7,14-16H,2-3,8-11H2,1H3. The first-order valence-corrected chi connectivity index (χ1v) is 6.82. The maximum Gasteiger partial charge on any atom is 0.00885 e. The minimum atomic E-state index is 0.752. The molecular formula is C15H22N2. The molecule has 1 aromatic carbocycles. The molecule has 0 aliphatic carbocycles. The van der Waals surface area contributed by atoms with Crippen molar-refractivity contribution in [2.45, 2.75) is 24.7 Å². The molecule has 2 heteroatoms. The van der Waals surface area contributed by atoms with Crippen LogP contribution < -0.4 is 5.32 Å². The van der Waals surface area contributed by atoms with E-state index < -0.39 is 0 Å². The first kappa shape index (κ1) is 11.2. The molecule has 1 N–H and O–H groups in total. The van der Waals surface area contributed by atoms with Crippen molar-refractivity contribution in [1.29, 1.82) is 0 Å². The molecule has 2 saturated heterocycles. The first-order chi connectivity index (χ1) is 8.33. The molecule has 17 heavy (non-hydrogen) atoms. The van der Waals surface area contributed by atoms with Crippen molar-refractivity contribution in [1.82, 2.24) is 10.2 Å². The van der Waals surface area contributed by atoms with Gasteiger partial charge in [-0.1, -0.05) is 24.3 Å². The third kappa shape index (κ3) is 2.38. The Bertz CT molecular complexity index is 367. The van der Waals surface area contributed by atoms with Crippen LogP contribution in [0.4, 0.5) is 0 Å². The smallest absolute Gasteiger partial charge is 0.00885 e. The van der Waals surface area contributed by atoms with Gasteiger partial charge in [0.1, 0.15) is 0 Å². The molecule has 3 rings (SSSR count). The van der Waals surface area contributed by atoms with Gasteiger partial charge in [-0.3, -0.25) is 0 Å². The maximum atomic E-state index is 3.34. The van der Waals surface area contributed by atoms with Crippen molar-refractivity contribution in [3.05, 3.63) is 35.4 Å². The number of benzene rings is 1. The molecular weight excluding hydrogens is 208 g/mol. The van der Waals surface area contributed by atoms with Crippen LogP contribution in [0.2, 0.25) is 0 Å². The summed E-state index contributed by atoms with van der Waals surface area (Å²) < 4.78 is 0. The lowest BCUT2D eigenvalue weighted by atomic mass is 9.87. The summed E-state index contributed by atoms with van der Waals surface area (Å²) in [6, 6.07) is 9.40. The molecule has 0 aromatic heterocycles. The molecule has 0 spiro atoms. The van der Waals surface area contributed by atoms with Crippen LogP contribution in [-0.2, 0) is 0 Å². The number of piperidine rings is 1. The van der Waals surface area contributed by atoms with Crippen molar-refractivity contribution in [3.8, 4) is 0 Å². The molecule has 2 nitrogen and oxygen atoms in total. The number of likely N-dealkylation sites (N-methyl/N-ethyl adjacent to an activating group) is 1. The van der Waals surface area contributed by atoms with Crippen molar-refractivity contribution < 1.29 is 0 Å². The van der Waals surface area contributed by atoms with E-state index in [4.69, 9.17) is 0 Å². The van der Waals surface area contributed by atoms with E-state index in [2.05, 4.69) is 41.5 Å². The second-order valence-corrected chi connectivity index (χ2v) is 5.62. The van der Waals surface area contributed by atoms with Crippen molar-refractivity contribution in [2.24, 2.45) is 0 Å². The lowest BCUT2D eigenvalue weighted by molar-refractivity contribution is 0.251. The number of hydrogen-bond acceptors (Lipinski definition) is 2. The second kappa shape index (κ2) is 4.79. The second-order valence-electron chi connectivity index (χ2n) is 5.62. The van der Waals surface area contributed by atoms with Crippen LogP contribution in [0, 0.1) is 0 Å². The van der Waals surface area contributed by atoms with Gasteiger partial charge < -0.3 is 10.2 Å². The Morgan fingerprint density at radius 2 is 1.71 bits per heavy atom. The van der Waals surface area contributed by atoms with Gasteiger partial charge in [0.2, 0.25) is 0 Å². The van der Waals surface area contributed by atoms with E-state index in [-0.39, 0.29) is 0 Å². The van der Waals surface area contributed by atoms with E-state index in [1.54, 1.807) is 0 Å². The molecule has 2 aliphatic heterocycles. The van der Waals surface area contributed by atoms with Crippen LogP contribution in [-0.4, -0.2) is 38.1 Å². The SMILES string of the molecule is CN1CCCC(c2ccc(C3CNC3)cc2)C1. The minimum Gasteiger partial charge on any atom is -0.315 e. The van der Waals surface area contributed by atoms with Crippen molar-refractivity contribution in [3.63, 3.8) is 0 Å². The molecule has 2 aliphatic rings. The summed E-state index contributed by atoms with van der Waals surface area (Å²) in [5, 5.41) is 3.34. The fraction of sp³-hybridized carbons (Fsp3) is 0.600. The highest BCUT2D eigenvalue weighted by Crippen LogP contribution is 2.28. The third-order valence-corrected chi connectivity index (χ3v) is 4.29. The zero-order valence-electron chi connectivity index (χ0n) is 10.7. The predicted molar refractivity (Wildman–Crippen MR) is 71.5 cm³/mol. The van der Waals surface area contributed by atoms with Crippen LogP contribution in [0.3, 0.4) is 0 Å². The van der Waals surface area contributed by atoms with E-state index in [1.165, 1.54) is 37.1 Å². The number of nitrogens with zero attached hydrogens (tertiary/aromatic N) is 1.